The van der Waals surface area contributed by atoms with Crippen molar-refractivity contribution in [2.75, 3.05) is 76.5 Å². The Morgan fingerprint density at radius 2 is 1.59 bits per heavy atom. The first-order chi connectivity index (χ1) is 30.8. The van der Waals surface area contributed by atoms with E-state index in [2.05, 4.69) is 36.0 Å². The highest BCUT2D eigenvalue weighted by Gasteiger charge is 2.42. The number of benzene rings is 2. The number of aryl methyl sites for hydroxylation is 1. The normalized spacial score (nSPS) is 16.1. The highest BCUT2D eigenvalue weighted by Crippen LogP contribution is 2.33. The number of nitrogens with two attached hydrogens (primary N) is 1. The predicted octanol–water partition coefficient (Wildman–Crippen LogP) is 4.08. The molecular formula is C46H61N9O8S. The van der Waals surface area contributed by atoms with Crippen LogP contribution in [0.3, 0.4) is 0 Å². The molecule has 2 aliphatic heterocycles. The highest BCUT2D eigenvalue weighted by molar-refractivity contribution is 7.13. The average Bonchev–Trinajstić information content (AvgIpc) is 3.96. The van der Waals surface area contributed by atoms with Crippen molar-refractivity contribution in [3.63, 3.8) is 0 Å². The number of ether oxygens (including phenoxy) is 3. The van der Waals surface area contributed by atoms with Gasteiger partial charge in [-0.1, -0.05) is 57.2 Å². The van der Waals surface area contributed by atoms with Gasteiger partial charge in [0.15, 0.2) is 5.82 Å². The number of aromatic hydroxyl groups is 1. The zero-order chi connectivity index (χ0) is 45.6. The summed E-state index contributed by atoms with van der Waals surface area (Å²) in [4.78, 5) is 62.1. The minimum Gasteiger partial charge on any atom is -0.507 e. The van der Waals surface area contributed by atoms with E-state index < -0.39 is 23.4 Å². The van der Waals surface area contributed by atoms with Gasteiger partial charge in [-0.3, -0.25) is 19.2 Å². The highest BCUT2D eigenvalue weighted by atomic mass is 32.1. The van der Waals surface area contributed by atoms with Gasteiger partial charge in [-0.2, -0.15) is 0 Å². The molecule has 17 nitrogen and oxygen atoms in total. The fraction of sp³-hybridized carbons (Fsp3) is 0.500. The molecule has 0 spiro atoms. The van der Waals surface area contributed by atoms with Gasteiger partial charge in [-0.25, -0.2) is 4.98 Å². The van der Waals surface area contributed by atoms with Gasteiger partial charge < -0.3 is 50.8 Å². The largest absolute Gasteiger partial charge is 0.507 e. The summed E-state index contributed by atoms with van der Waals surface area (Å²) >= 11 is 1.59. The second kappa shape index (κ2) is 22.8. The van der Waals surface area contributed by atoms with E-state index in [1.165, 1.54) is 0 Å². The van der Waals surface area contributed by atoms with Crippen LogP contribution in [0, 0.1) is 18.3 Å². The lowest BCUT2D eigenvalue weighted by Gasteiger charge is -2.35. The molecule has 4 amide bonds. The van der Waals surface area contributed by atoms with Crippen molar-refractivity contribution in [2.45, 2.75) is 72.0 Å². The Bertz CT molecular complexity index is 2190. The first kappa shape index (κ1) is 47.8. The second-order valence-corrected chi connectivity index (χ2v) is 17.9. The van der Waals surface area contributed by atoms with Crippen molar-refractivity contribution in [1.82, 2.24) is 36.0 Å². The number of anilines is 2. The Balaban J connectivity index is 0.813. The summed E-state index contributed by atoms with van der Waals surface area (Å²) in [5, 5.41) is 27.3. The fourth-order valence-corrected chi connectivity index (χ4v) is 8.64. The monoisotopic (exact) mass is 899 g/mol. The van der Waals surface area contributed by atoms with Crippen LogP contribution >= 0.6 is 11.3 Å². The number of carbonyl (C=O) groups is 4. The van der Waals surface area contributed by atoms with Crippen LogP contribution in [0.4, 0.5) is 11.5 Å². The number of aromatic nitrogens is 3. The molecule has 344 valence electrons. The molecule has 2 fully saturated rings. The van der Waals surface area contributed by atoms with Gasteiger partial charge in [0.1, 0.15) is 24.4 Å². The van der Waals surface area contributed by atoms with Crippen molar-refractivity contribution in [1.29, 1.82) is 0 Å². The third-order valence-electron chi connectivity index (χ3n) is 11.4. The Hall–Kier alpha value is -5.69. The van der Waals surface area contributed by atoms with E-state index in [0.717, 1.165) is 27.4 Å². The van der Waals surface area contributed by atoms with E-state index in [4.69, 9.17) is 19.9 Å². The van der Waals surface area contributed by atoms with E-state index in [1.54, 1.807) is 34.4 Å². The summed E-state index contributed by atoms with van der Waals surface area (Å²) in [5.41, 5.74) is 12.2. The lowest BCUT2D eigenvalue weighted by Crippen LogP contribution is -2.58. The molecule has 4 heterocycles. The molecule has 2 atom stereocenters. The number of amides is 4. The van der Waals surface area contributed by atoms with Crippen molar-refractivity contribution in [2.24, 2.45) is 11.3 Å². The van der Waals surface area contributed by atoms with Crippen LogP contribution in [0.25, 0.3) is 21.7 Å². The number of nitrogens with one attached hydrogen (secondary N) is 3. The number of nitrogens with zero attached hydrogens (tertiary/aromatic N) is 5. The maximum atomic E-state index is 13.9. The van der Waals surface area contributed by atoms with Gasteiger partial charge in [0, 0.05) is 44.2 Å². The zero-order valence-corrected chi connectivity index (χ0v) is 38.0. The van der Waals surface area contributed by atoms with E-state index in [-0.39, 0.29) is 49.2 Å². The summed E-state index contributed by atoms with van der Waals surface area (Å²) in [7, 11) is 0. The standard InChI is InChI=1S/C46H61N9O8S/c1-30-40(64-29-50-30)32-13-11-31(12-14-32)27-49-44(59)36-9-7-18-55(36)45(60)41(46(2,3)4)51-39(57)28-63-25-24-62-23-22-61-21-17-48-43(58)33-15-19-54(20-16-33)37-26-35(52-53-42(37)47)34-8-5-6-10-38(34)56/h5-6,8,10-14,26,29,33,36,41,56H,7,9,15-25,27-28H2,1-4H3,(H2,47,53)(H,48,58)(H,49,59)(H,51,57)/t36-,41+/m0/s1. The summed E-state index contributed by atoms with van der Waals surface area (Å²) in [6.07, 6.45) is 2.54. The molecule has 0 saturated carbocycles. The van der Waals surface area contributed by atoms with Crippen LogP contribution in [-0.2, 0) is 39.9 Å². The number of likely N-dealkylation sites (tertiary alicyclic amines) is 1. The molecule has 6 N–H and O–H groups in total. The van der Waals surface area contributed by atoms with Gasteiger partial charge in [0.2, 0.25) is 23.6 Å². The molecular weight excluding hydrogens is 839 g/mol. The van der Waals surface area contributed by atoms with E-state index in [9.17, 15) is 24.3 Å². The maximum absolute atomic E-state index is 13.9. The number of hydrogen-bond acceptors (Lipinski definition) is 14. The number of hydrogen-bond donors (Lipinski definition) is 5. The molecule has 4 aromatic rings. The van der Waals surface area contributed by atoms with Crippen LogP contribution in [0.2, 0.25) is 0 Å². The molecule has 0 radical (unpaired) electrons. The topological polar surface area (TPSA) is 223 Å². The number of rotatable bonds is 20. The Morgan fingerprint density at radius 3 is 2.28 bits per heavy atom. The fourth-order valence-electron chi connectivity index (χ4n) is 7.82. The van der Waals surface area contributed by atoms with Crippen LogP contribution in [0.1, 0.15) is 57.7 Å². The van der Waals surface area contributed by atoms with E-state index in [1.807, 2.05) is 69.6 Å². The van der Waals surface area contributed by atoms with E-state index in [0.29, 0.717) is 95.3 Å². The van der Waals surface area contributed by atoms with Gasteiger partial charge in [0.25, 0.3) is 0 Å². The number of carbonyl (C=O) groups excluding carboxylic acids is 4. The number of para-hydroxylation sites is 1. The number of phenols is 1. The number of thiazole rings is 1. The molecule has 64 heavy (non-hydrogen) atoms. The van der Waals surface area contributed by atoms with Crippen molar-refractivity contribution >= 4 is 46.5 Å². The molecule has 2 saturated heterocycles. The minimum absolute atomic E-state index is 0.0191. The van der Waals surface area contributed by atoms with Crippen LogP contribution < -0.4 is 26.6 Å². The van der Waals surface area contributed by atoms with Crippen molar-refractivity contribution in [3.05, 3.63) is 71.4 Å². The van der Waals surface area contributed by atoms with Crippen molar-refractivity contribution < 1.29 is 38.5 Å². The summed E-state index contributed by atoms with van der Waals surface area (Å²) < 4.78 is 16.7. The molecule has 2 aromatic carbocycles. The van der Waals surface area contributed by atoms with Crippen LogP contribution in [-0.4, -0.2) is 127 Å². The third kappa shape index (κ3) is 13.0. The lowest BCUT2D eigenvalue weighted by atomic mass is 9.85. The van der Waals surface area contributed by atoms with Gasteiger partial charge in [-0.15, -0.1) is 21.5 Å². The quantitative estimate of drug-likeness (QED) is 0.0790. The summed E-state index contributed by atoms with van der Waals surface area (Å²) in [5.74, 6) is -0.687. The molecule has 0 bridgehead atoms. The summed E-state index contributed by atoms with van der Waals surface area (Å²) in [6, 6.07) is 15.3. The predicted molar refractivity (Wildman–Crippen MR) is 244 cm³/mol. The molecule has 18 heteroatoms. The molecule has 0 aliphatic carbocycles. The third-order valence-corrected chi connectivity index (χ3v) is 12.4. The number of phenolic OH excluding ortho intramolecular Hbond substituents is 1. The second-order valence-electron chi connectivity index (χ2n) is 17.1. The first-order valence-corrected chi connectivity index (χ1v) is 22.7. The molecule has 0 unspecified atom stereocenters. The van der Waals surface area contributed by atoms with Gasteiger partial charge >= 0.3 is 0 Å². The Morgan fingerprint density at radius 1 is 0.891 bits per heavy atom. The Labute approximate surface area is 378 Å². The minimum atomic E-state index is -0.854. The zero-order valence-electron chi connectivity index (χ0n) is 37.1. The smallest absolute Gasteiger partial charge is 0.246 e. The lowest BCUT2D eigenvalue weighted by molar-refractivity contribution is -0.144. The first-order valence-electron chi connectivity index (χ1n) is 21.8. The molecule has 2 aliphatic rings. The SMILES string of the molecule is Cc1ncsc1-c1ccc(CNC(=O)[C@@H]2CCCN2C(=O)[C@@H](NC(=O)COCCOCCOCCNC(=O)C2CCN(c3cc(-c4ccccc4O)nnc3N)CC2)C(C)(C)C)cc1. The van der Waals surface area contributed by atoms with Crippen LogP contribution in [0.15, 0.2) is 60.1 Å². The Kier molecular flexibility index (Phi) is 17.0. The maximum Gasteiger partial charge on any atom is 0.246 e. The van der Waals surface area contributed by atoms with Gasteiger partial charge in [-0.05, 0) is 67.3 Å². The van der Waals surface area contributed by atoms with Gasteiger partial charge in [0.05, 0.1) is 60.5 Å². The number of piperidine rings is 1. The average molecular weight is 900 g/mol. The van der Waals surface area contributed by atoms with E-state index >= 15 is 0 Å². The van der Waals surface area contributed by atoms with Crippen molar-refractivity contribution in [3.8, 4) is 27.4 Å². The van der Waals surface area contributed by atoms with Crippen LogP contribution in [0.5, 0.6) is 5.75 Å². The number of nitrogen functional groups attached to an aromatic ring is 1. The molecule has 2 aromatic heterocycles. The molecule has 6 rings (SSSR count). The summed E-state index contributed by atoms with van der Waals surface area (Å²) in [6.45, 7) is 11.1.